The van der Waals surface area contributed by atoms with Gasteiger partial charge < -0.3 is 13.9 Å². The molecule has 1 atom stereocenters. The summed E-state index contributed by atoms with van der Waals surface area (Å²) in [4.78, 5) is 12.5. The van der Waals surface area contributed by atoms with Gasteiger partial charge in [-0.05, 0) is 47.2 Å². The Bertz CT molecular complexity index is 1390. The first-order chi connectivity index (χ1) is 16.4. The number of alkyl halides is 3. The van der Waals surface area contributed by atoms with Crippen molar-refractivity contribution in [3.05, 3.63) is 84.1 Å². The van der Waals surface area contributed by atoms with Crippen LogP contribution < -0.4 is 14.9 Å². The van der Waals surface area contributed by atoms with Crippen LogP contribution in [0.25, 0.3) is 22.1 Å². The third-order valence-corrected chi connectivity index (χ3v) is 5.23. The van der Waals surface area contributed by atoms with E-state index in [0.717, 1.165) is 22.9 Å². The van der Waals surface area contributed by atoms with Crippen molar-refractivity contribution in [1.82, 2.24) is 5.43 Å². The van der Waals surface area contributed by atoms with Crippen LogP contribution in [-0.4, -0.2) is 24.8 Å². The molecule has 4 aromatic rings. The van der Waals surface area contributed by atoms with E-state index in [1.54, 1.807) is 0 Å². The van der Waals surface area contributed by atoms with Gasteiger partial charge in [0.05, 0.1) is 11.8 Å². The van der Waals surface area contributed by atoms with Gasteiger partial charge >= 0.3 is 6.18 Å². The van der Waals surface area contributed by atoms with Crippen LogP contribution in [-0.2, 0) is 11.0 Å². The van der Waals surface area contributed by atoms with Crippen LogP contribution in [0.1, 0.15) is 11.3 Å². The molecule has 2 heterocycles. The molecule has 1 N–H and O–H groups in total. The number of carbonyl (C=O) groups is 1. The van der Waals surface area contributed by atoms with Crippen molar-refractivity contribution in [2.24, 2.45) is 5.10 Å². The molecule has 1 aromatic heterocycles. The Labute approximate surface area is 191 Å². The van der Waals surface area contributed by atoms with Crippen molar-refractivity contribution < 1.29 is 31.9 Å². The lowest BCUT2D eigenvalue weighted by Gasteiger charge is -2.25. The lowest BCUT2D eigenvalue weighted by atomic mass is 10.1. The highest BCUT2D eigenvalue weighted by molar-refractivity contribution is 5.87. The van der Waals surface area contributed by atoms with Gasteiger partial charge in [0.15, 0.2) is 11.5 Å². The molecule has 5 rings (SSSR count). The van der Waals surface area contributed by atoms with Crippen molar-refractivity contribution >= 4 is 22.9 Å². The number of nitrogens with zero attached hydrogens (tertiary/aromatic N) is 1. The summed E-state index contributed by atoms with van der Waals surface area (Å²) in [6, 6.07) is 19.3. The zero-order valence-corrected chi connectivity index (χ0v) is 17.5. The van der Waals surface area contributed by atoms with E-state index in [-0.39, 0.29) is 23.7 Å². The number of nitrogens with one attached hydrogen (secondary N) is 1. The quantitative estimate of drug-likeness (QED) is 0.323. The molecule has 0 spiro atoms. The molecule has 34 heavy (non-hydrogen) atoms. The van der Waals surface area contributed by atoms with Crippen LogP contribution in [0, 0.1) is 0 Å². The number of hydrogen-bond donors (Lipinski definition) is 1. The van der Waals surface area contributed by atoms with Gasteiger partial charge in [0.2, 0.25) is 6.10 Å². The standard InChI is InChI=1S/C25H17F3N2O4/c26-25(27,28)18-7-3-6-17(10-18)20-9-8-19(33-20)13-29-30-24(31)23-14-32-21-11-15-4-1-2-5-16(15)12-22(21)34-23/h1-13,23H,14H2,(H,30,31)/b29-13-. The molecule has 0 bridgehead atoms. The Kier molecular flexibility index (Phi) is 5.45. The van der Waals surface area contributed by atoms with E-state index >= 15 is 0 Å². The van der Waals surface area contributed by atoms with Gasteiger partial charge in [0, 0.05) is 5.56 Å². The van der Waals surface area contributed by atoms with Crippen molar-refractivity contribution in [1.29, 1.82) is 0 Å². The minimum absolute atomic E-state index is 0.0210. The topological polar surface area (TPSA) is 73.1 Å². The number of furan rings is 1. The molecule has 0 aliphatic carbocycles. The van der Waals surface area contributed by atoms with E-state index in [1.807, 2.05) is 36.4 Å². The molecule has 0 radical (unpaired) electrons. The molecular weight excluding hydrogens is 449 g/mol. The maximum Gasteiger partial charge on any atom is 0.416 e. The molecule has 1 aliphatic rings. The van der Waals surface area contributed by atoms with Gasteiger partial charge in [-0.15, -0.1) is 0 Å². The van der Waals surface area contributed by atoms with Crippen molar-refractivity contribution in [2.75, 3.05) is 6.61 Å². The lowest BCUT2D eigenvalue weighted by molar-refractivity contribution is -0.137. The zero-order chi connectivity index (χ0) is 23.7. The van der Waals surface area contributed by atoms with Crippen LogP contribution in [0.5, 0.6) is 11.5 Å². The largest absolute Gasteiger partial charge is 0.485 e. The van der Waals surface area contributed by atoms with Gasteiger partial charge in [-0.2, -0.15) is 18.3 Å². The fourth-order valence-corrected chi connectivity index (χ4v) is 3.54. The summed E-state index contributed by atoms with van der Waals surface area (Å²) in [6.07, 6.45) is -4.10. The summed E-state index contributed by atoms with van der Waals surface area (Å²) < 4.78 is 55.8. The fraction of sp³-hybridized carbons (Fsp3) is 0.120. The Morgan fingerprint density at radius 2 is 1.74 bits per heavy atom. The summed E-state index contributed by atoms with van der Waals surface area (Å²) in [5, 5.41) is 5.81. The third-order valence-electron chi connectivity index (χ3n) is 5.23. The van der Waals surface area contributed by atoms with Gasteiger partial charge in [-0.1, -0.05) is 36.4 Å². The minimum Gasteiger partial charge on any atom is -0.485 e. The molecule has 0 saturated heterocycles. The molecule has 9 heteroatoms. The number of carbonyl (C=O) groups excluding carboxylic acids is 1. The SMILES string of the molecule is O=C(N/N=C\c1ccc(-c2cccc(C(F)(F)F)c2)o1)C1COc2cc3ccccc3cc2O1. The van der Waals surface area contributed by atoms with Crippen molar-refractivity contribution in [3.8, 4) is 22.8 Å². The van der Waals surface area contributed by atoms with E-state index < -0.39 is 23.8 Å². The summed E-state index contributed by atoms with van der Waals surface area (Å²) in [6.45, 7) is 0.0210. The van der Waals surface area contributed by atoms with Gasteiger partial charge in [0.1, 0.15) is 18.1 Å². The monoisotopic (exact) mass is 466 g/mol. The van der Waals surface area contributed by atoms with E-state index in [0.29, 0.717) is 11.5 Å². The van der Waals surface area contributed by atoms with Crippen LogP contribution in [0.3, 0.4) is 0 Å². The maximum absolute atomic E-state index is 12.9. The average molecular weight is 466 g/mol. The summed E-state index contributed by atoms with van der Waals surface area (Å²) in [5.41, 5.74) is 1.87. The first-order valence-electron chi connectivity index (χ1n) is 10.3. The maximum atomic E-state index is 12.9. The van der Waals surface area contributed by atoms with Crippen LogP contribution in [0.15, 0.2) is 82.3 Å². The first-order valence-corrected chi connectivity index (χ1v) is 10.3. The third kappa shape index (κ3) is 4.45. The predicted octanol–water partition coefficient (Wildman–Crippen LogP) is 5.41. The normalized spacial score (nSPS) is 15.6. The zero-order valence-electron chi connectivity index (χ0n) is 17.5. The second kappa shape index (κ2) is 8.58. The predicted molar refractivity (Wildman–Crippen MR) is 119 cm³/mol. The molecule has 0 saturated carbocycles. The molecule has 1 aliphatic heterocycles. The van der Waals surface area contributed by atoms with Gasteiger partial charge in [-0.3, -0.25) is 4.79 Å². The second-order valence-corrected chi connectivity index (χ2v) is 7.58. The van der Waals surface area contributed by atoms with E-state index in [9.17, 15) is 18.0 Å². The van der Waals surface area contributed by atoms with Crippen LogP contribution >= 0.6 is 0 Å². The molecule has 1 unspecified atom stereocenters. The summed E-state index contributed by atoms with van der Waals surface area (Å²) >= 11 is 0. The Balaban J connectivity index is 1.23. The second-order valence-electron chi connectivity index (χ2n) is 7.58. The molecule has 172 valence electrons. The number of amides is 1. The number of halogens is 3. The Morgan fingerprint density at radius 1 is 0.971 bits per heavy atom. The highest BCUT2D eigenvalue weighted by Crippen LogP contribution is 2.36. The number of fused-ring (bicyclic) bond motifs is 2. The number of hydrogen-bond acceptors (Lipinski definition) is 5. The Morgan fingerprint density at radius 3 is 2.50 bits per heavy atom. The van der Waals surface area contributed by atoms with E-state index in [2.05, 4.69) is 10.5 Å². The van der Waals surface area contributed by atoms with Crippen molar-refractivity contribution in [3.63, 3.8) is 0 Å². The number of ether oxygens (including phenoxy) is 2. The number of hydrazone groups is 1. The van der Waals surface area contributed by atoms with Crippen molar-refractivity contribution in [2.45, 2.75) is 12.3 Å². The smallest absolute Gasteiger partial charge is 0.416 e. The molecule has 3 aromatic carbocycles. The van der Waals surface area contributed by atoms with E-state index in [1.165, 1.54) is 30.5 Å². The highest BCUT2D eigenvalue weighted by Gasteiger charge is 2.31. The number of benzene rings is 3. The summed E-state index contributed by atoms with van der Waals surface area (Å²) in [5.74, 6) is 1.01. The van der Waals surface area contributed by atoms with Gasteiger partial charge in [0.25, 0.3) is 5.91 Å². The van der Waals surface area contributed by atoms with Gasteiger partial charge in [-0.25, -0.2) is 5.43 Å². The molecule has 6 nitrogen and oxygen atoms in total. The molecule has 1 amide bonds. The first kappa shape index (κ1) is 21.6. The highest BCUT2D eigenvalue weighted by atomic mass is 19.4. The number of rotatable bonds is 4. The van der Waals surface area contributed by atoms with Crippen LogP contribution in [0.2, 0.25) is 0 Å². The summed E-state index contributed by atoms with van der Waals surface area (Å²) in [7, 11) is 0. The Hall–Kier alpha value is -4.27. The van der Waals surface area contributed by atoms with Crippen LogP contribution in [0.4, 0.5) is 13.2 Å². The van der Waals surface area contributed by atoms with E-state index in [4.69, 9.17) is 13.9 Å². The minimum atomic E-state index is -4.45. The fourth-order valence-electron chi connectivity index (χ4n) is 3.54. The average Bonchev–Trinajstić information content (AvgIpc) is 3.31. The molecule has 0 fully saturated rings. The molecular formula is C25H17F3N2O4. The lowest BCUT2D eigenvalue weighted by Crippen LogP contribution is -2.42.